The second-order valence-corrected chi connectivity index (χ2v) is 11.4. The quantitative estimate of drug-likeness (QED) is 0.312. The van der Waals surface area contributed by atoms with Crippen LogP contribution in [0.25, 0.3) is 0 Å². The minimum absolute atomic E-state index is 0.195. The number of rotatable bonds is 4. The van der Waals surface area contributed by atoms with E-state index in [-0.39, 0.29) is 6.09 Å². The van der Waals surface area contributed by atoms with Gasteiger partial charge in [0.1, 0.15) is 17.7 Å². The first kappa shape index (κ1) is 31.9. The van der Waals surface area contributed by atoms with Crippen LogP contribution in [0.15, 0.2) is 48.1 Å². The van der Waals surface area contributed by atoms with Crippen molar-refractivity contribution in [3.8, 4) is 0 Å². The van der Waals surface area contributed by atoms with Crippen molar-refractivity contribution in [3.05, 3.63) is 48.7 Å². The Morgan fingerprint density at radius 3 is 2.28 bits per heavy atom. The van der Waals surface area contributed by atoms with Crippen LogP contribution in [0.4, 0.5) is 16.2 Å². The zero-order chi connectivity index (χ0) is 29.2. The molecule has 0 aromatic heterocycles. The Bertz CT molecular complexity index is 1020. The third kappa shape index (κ3) is 9.75. The number of allylic oxidation sites excluding steroid dienone is 1. The molecule has 2 aliphatic heterocycles. The van der Waals surface area contributed by atoms with Gasteiger partial charge in [0.2, 0.25) is 0 Å². The Kier molecular flexibility index (Phi) is 12.1. The maximum absolute atomic E-state index is 12.3. The minimum atomic E-state index is -0.437. The second kappa shape index (κ2) is 14.8. The zero-order valence-electron chi connectivity index (χ0n) is 25.0. The first-order valence-corrected chi connectivity index (χ1v) is 14.0. The van der Waals surface area contributed by atoms with Crippen LogP contribution < -0.4 is 15.5 Å². The van der Waals surface area contributed by atoms with Crippen molar-refractivity contribution in [1.82, 2.24) is 4.90 Å². The number of ether oxygens (including phenoxy) is 1. The number of anilines is 2. The Hall–Kier alpha value is -3.29. The Balaban J connectivity index is 0.000000413. The molecule has 1 saturated carbocycles. The van der Waals surface area contributed by atoms with Gasteiger partial charge in [-0.2, -0.15) is 0 Å². The lowest BCUT2D eigenvalue weighted by Gasteiger charge is -2.42. The van der Waals surface area contributed by atoms with Crippen LogP contribution in [0.2, 0.25) is 0 Å². The molecule has 1 amide bonds. The summed E-state index contributed by atoms with van der Waals surface area (Å²) in [5, 5.41) is 0. The number of nitrogens with zero attached hydrogens (tertiary/aromatic N) is 4. The molecule has 0 unspecified atom stereocenters. The largest absolute Gasteiger partial charge is 0.444 e. The summed E-state index contributed by atoms with van der Waals surface area (Å²) < 4.78 is 5.51. The number of aldehydes is 1. The lowest BCUT2D eigenvalue weighted by molar-refractivity contribution is -0.106. The van der Waals surface area contributed by atoms with Gasteiger partial charge in [0.05, 0.1) is 0 Å². The molecule has 1 aromatic rings. The van der Waals surface area contributed by atoms with Crippen molar-refractivity contribution in [2.75, 3.05) is 43.0 Å². The third-order valence-corrected chi connectivity index (χ3v) is 7.00. The number of carbonyl (C=O) groups excluding carboxylic acids is 2. The molecule has 2 fully saturated rings. The first-order chi connectivity index (χ1) is 18.4. The number of piperazine rings is 1. The van der Waals surface area contributed by atoms with E-state index in [9.17, 15) is 4.79 Å². The molecule has 216 valence electrons. The van der Waals surface area contributed by atoms with Gasteiger partial charge in [0, 0.05) is 56.8 Å². The van der Waals surface area contributed by atoms with Gasteiger partial charge in [-0.05, 0) is 95.6 Å². The number of aliphatic imine (C=N–C) groups is 1. The van der Waals surface area contributed by atoms with Crippen LogP contribution in [0.3, 0.4) is 0 Å². The van der Waals surface area contributed by atoms with Crippen LogP contribution in [0, 0.1) is 11.8 Å². The molecule has 1 aromatic carbocycles. The molecular weight excluding hydrogens is 490 g/mol. The van der Waals surface area contributed by atoms with E-state index in [1.165, 1.54) is 49.2 Å². The SMILES string of the molecule is C=CC(N)=N/C=C\C.CC=O.C[C@@H]1Cc2cc(N3CCN(C(=O)OC(C)(C)C)CC3)ccc2N(C)[C@H]1C1CC1. The molecule has 0 bridgehead atoms. The van der Waals surface area contributed by atoms with Gasteiger partial charge < -0.3 is 30.0 Å². The van der Waals surface area contributed by atoms with Gasteiger partial charge in [-0.1, -0.05) is 19.6 Å². The average molecular weight is 540 g/mol. The number of amides is 1. The highest BCUT2D eigenvalue weighted by molar-refractivity contribution is 5.91. The maximum Gasteiger partial charge on any atom is 0.410 e. The summed E-state index contributed by atoms with van der Waals surface area (Å²) in [6.07, 6.45) is 9.45. The molecular formula is C31H49N5O3. The Labute approximate surface area is 235 Å². The summed E-state index contributed by atoms with van der Waals surface area (Å²) in [4.78, 5) is 31.6. The molecule has 1 aliphatic carbocycles. The highest BCUT2D eigenvalue weighted by atomic mass is 16.6. The fraction of sp³-hybridized carbons (Fsp3) is 0.581. The van der Waals surface area contributed by atoms with Crippen molar-refractivity contribution in [3.63, 3.8) is 0 Å². The summed E-state index contributed by atoms with van der Waals surface area (Å²) in [6.45, 7) is 18.0. The average Bonchev–Trinajstić information content (AvgIpc) is 3.72. The minimum Gasteiger partial charge on any atom is -0.444 e. The van der Waals surface area contributed by atoms with Gasteiger partial charge in [0.15, 0.2) is 0 Å². The van der Waals surface area contributed by atoms with Crippen LogP contribution in [-0.4, -0.2) is 68.0 Å². The Morgan fingerprint density at radius 2 is 1.77 bits per heavy atom. The van der Waals surface area contributed by atoms with Crippen molar-refractivity contribution < 1.29 is 14.3 Å². The fourth-order valence-electron chi connectivity index (χ4n) is 5.19. The van der Waals surface area contributed by atoms with Crippen molar-refractivity contribution in [1.29, 1.82) is 0 Å². The van der Waals surface area contributed by atoms with Gasteiger partial charge in [-0.3, -0.25) is 0 Å². The molecule has 8 heteroatoms. The standard InChI is InChI=1S/C23H35N3O2.C6H10N2.C2H4O/c1-16-14-18-15-19(8-9-20(18)24(5)21(16)17-6-7-17)25-10-12-26(13-11-25)22(27)28-23(2,3)4;1-3-5-8-6(7)4-2;1-2-3/h8-9,15-17,21H,6-7,10-14H2,1-5H3;3-5H,2H2,1H3,(H2,7,8);2H,1H3/b;5-3-;/t16-,21-;;/m1../s1. The lowest BCUT2D eigenvalue weighted by atomic mass is 9.84. The van der Waals surface area contributed by atoms with Crippen molar-refractivity contribution in [2.45, 2.75) is 72.4 Å². The van der Waals surface area contributed by atoms with Gasteiger partial charge in [0.25, 0.3) is 0 Å². The molecule has 2 heterocycles. The normalized spacial score (nSPS) is 21.2. The molecule has 0 spiro atoms. The monoisotopic (exact) mass is 539 g/mol. The maximum atomic E-state index is 12.3. The lowest BCUT2D eigenvalue weighted by Crippen LogP contribution is -2.50. The van der Waals surface area contributed by atoms with Crippen molar-refractivity contribution in [2.24, 2.45) is 22.6 Å². The van der Waals surface area contributed by atoms with Crippen LogP contribution in [0.1, 0.15) is 59.9 Å². The van der Waals surface area contributed by atoms with E-state index in [2.05, 4.69) is 53.5 Å². The van der Waals surface area contributed by atoms with E-state index in [1.54, 1.807) is 12.3 Å². The predicted molar refractivity (Wildman–Crippen MR) is 163 cm³/mol. The highest BCUT2D eigenvalue weighted by Crippen LogP contribution is 2.45. The van der Waals surface area contributed by atoms with Gasteiger partial charge in [-0.25, -0.2) is 9.79 Å². The summed E-state index contributed by atoms with van der Waals surface area (Å²) in [5.41, 5.74) is 8.97. The summed E-state index contributed by atoms with van der Waals surface area (Å²) in [7, 11) is 2.27. The summed E-state index contributed by atoms with van der Waals surface area (Å²) in [6, 6.07) is 7.66. The van der Waals surface area contributed by atoms with Crippen LogP contribution >= 0.6 is 0 Å². The number of nitrogens with two attached hydrogens (primary N) is 1. The van der Waals surface area contributed by atoms with Gasteiger partial charge in [-0.15, -0.1) is 0 Å². The van der Waals surface area contributed by atoms with E-state index in [0.29, 0.717) is 30.9 Å². The van der Waals surface area contributed by atoms with E-state index in [0.717, 1.165) is 25.3 Å². The molecule has 2 atom stereocenters. The van der Waals surface area contributed by atoms with E-state index in [1.807, 2.05) is 32.6 Å². The molecule has 2 N–H and O–H groups in total. The summed E-state index contributed by atoms with van der Waals surface area (Å²) >= 11 is 0. The molecule has 3 aliphatic rings. The van der Waals surface area contributed by atoms with E-state index >= 15 is 0 Å². The first-order valence-electron chi connectivity index (χ1n) is 14.0. The zero-order valence-corrected chi connectivity index (χ0v) is 25.0. The van der Waals surface area contributed by atoms with Crippen LogP contribution in [-0.2, 0) is 16.0 Å². The molecule has 4 rings (SSSR count). The smallest absolute Gasteiger partial charge is 0.410 e. The predicted octanol–water partition coefficient (Wildman–Crippen LogP) is 5.42. The number of fused-ring (bicyclic) bond motifs is 1. The number of benzene rings is 1. The summed E-state index contributed by atoms with van der Waals surface area (Å²) in [5.74, 6) is 2.06. The molecule has 39 heavy (non-hydrogen) atoms. The van der Waals surface area contributed by atoms with Gasteiger partial charge >= 0.3 is 6.09 Å². The van der Waals surface area contributed by atoms with Crippen LogP contribution in [0.5, 0.6) is 0 Å². The number of amidine groups is 1. The second-order valence-electron chi connectivity index (χ2n) is 11.4. The molecule has 1 saturated heterocycles. The van der Waals surface area contributed by atoms with E-state index in [4.69, 9.17) is 15.3 Å². The number of carbonyl (C=O) groups is 2. The number of hydrogen-bond acceptors (Lipinski definition) is 6. The third-order valence-electron chi connectivity index (χ3n) is 7.00. The number of hydrogen-bond donors (Lipinski definition) is 1. The van der Waals surface area contributed by atoms with Crippen molar-refractivity contribution >= 4 is 29.6 Å². The highest BCUT2D eigenvalue weighted by Gasteiger charge is 2.40. The van der Waals surface area contributed by atoms with E-state index < -0.39 is 5.60 Å². The molecule has 0 radical (unpaired) electrons. The topological polar surface area (TPSA) is 91.5 Å². The Morgan fingerprint density at radius 1 is 1.15 bits per heavy atom. The molecule has 8 nitrogen and oxygen atoms in total. The fourth-order valence-corrected chi connectivity index (χ4v) is 5.19.